The summed E-state index contributed by atoms with van der Waals surface area (Å²) in [4.78, 5) is 5.01. The topological polar surface area (TPSA) is 99.8 Å². The zero-order chi connectivity index (χ0) is 15.5. The average Bonchev–Trinajstić information content (AvgIpc) is 3.03. The van der Waals surface area contributed by atoms with Gasteiger partial charge in [-0.2, -0.15) is 5.10 Å². The van der Waals surface area contributed by atoms with Gasteiger partial charge >= 0.3 is 0 Å². The van der Waals surface area contributed by atoms with Crippen molar-refractivity contribution >= 4 is 21.4 Å². The zero-order valence-corrected chi connectivity index (χ0v) is 13.8. The summed E-state index contributed by atoms with van der Waals surface area (Å²) in [5.74, 6) is 0. The third-order valence-corrected chi connectivity index (χ3v) is 5.21. The van der Waals surface area contributed by atoms with Gasteiger partial charge in [-0.1, -0.05) is 13.8 Å². The third kappa shape index (κ3) is 4.10. The van der Waals surface area contributed by atoms with Crippen LogP contribution in [0.2, 0.25) is 0 Å². The van der Waals surface area contributed by atoms with Gasteiger partial charge in [0.1, 0.15) is 4.90 Å². The Kier molecular flexibility index (Phi) is 5.09. The van der Waals surface area contributed by atoms with E-state index in [1.165, 1.54) is 11.3 Å². The van der Waals surface area contributed by atoms with Crippen molar-refractivity contribution in [3.05, 3.63) is 28.0 Å². The van der Waals surface area contributed by atoms with Crippen LogP contribution in [0.4, 0.5) is 0 Å². The molecule has 0 radical (unpaired) electrons. The first-order valence-electron chi connectivity index (χ1n) is 6.54. The number of H-pyrrole nitrogens is 1. The van der Waals surface area contributed by atoms with Crippen LogP contribution in [0, 0.1) is 6.92 Å². The number of aryl methyl sites for hydroxylation is 1. The second kappa shape index (κ2) is 6.65. The fourth-order valence-corrected chi connectivity index (χ4v) is 3.81. The lowest BCUT2D eigenvalue weighted by atomic mass is 10.3. The largest absolute Gasteiger partial charge is 0.309 e. The number of thiazole rings is 1. The van der Waals surface area contributed by atoms with Crippen molar-refractivity contribution in [1.82, 2.24) is 25.2 Å². The first kappa shape index (κ1) is 16.1. The first-order valence-corrected chi connectivity index (χ1v) is 8.90. The highest BCUT2D eigenvalue weighted by atomic mass is 32.2. The maximum absolute atomic E-state index is 12.5. The Balaban J connectivity index is 2.16. The molecule has 2 heterocycles. The Bertz CT molecular complexity index is 677. The lowest BCUT2D eigenvalue weighted by molar-refractivity contribution is 0.564. The van der Waals surface area contributed by atoms with Crippen LogP contribution in [0.1, 0.15) is 30.1 Å². The van der Waals surface area contributed by atoms with Crippen LogP contribution >= 0.6 is 11.3 Å². The summed E-state index contributed by atoms with van der Waals surface area (Å²) in [5.41, 5.74) is 2.70. The fourth-order valence-electron chi connectivity index (χ4n) is 1.81. The van der Waals surface area contributed by atoms with E-state index in [0.717, 1.165) is 4.88 Å². The molecule has 0 aliphatic rings. The van der Waals surface area contributed by atoms with Gasteiger partial charge in [-0.3, -0.25) is 10.1 Å². The summed E-state index contributed by atoms with van der Waals surface area (Å²) in [7, 11) is -3.61. The predicted molar refractivity (Wildman–Crippen MR) is 81.4 cm³/mol. The molecule has 3 N–H and O–H groups in total. The van der Waals surface area contributed by atoms with Crippen molar-refractivity contribution in [3.8, 4) is 0 Å². The Labute approximate surface area is 128 Å². The highest BCUT2D eigenvalue weighted by molar-refractivity contribution is 7.89. The second-order valence-corrected chi connectivity index (χ2v) is 7.63. The van der Waals surface area contributed by atoms with Crippen LogP contribution in [0.25, 0.3) is 0 Å². The number of aromatic nitrogens is 3. The maximum Gasteiger partial charge on any atom is 0.244 e. The Morgan fingerprint density at radius 1 is 1.38 bits per heavy atom. The summed E-state index contributed by atoms with van der Waals surface area (Å²) in [5, 5.41) is 10.00. The van der Waals surface area contributed by atoms with E-state index in [1.807, 2.05) is 13.8 Å². The van der Waals surface area contributed by atoms with E-state index >= 15 is 0 Å². The van der Waals surface area contributed by atoms with E-state index in [1.54, 1.807) is 18.6 Å². The zero-order valence-electron chi connectivity index (χ0n) is 12.2. The SMILES string of the molecule is Cc1[nH]nc(CNC(C)C)c1S(=O)(=O)NCc1cncs1. The fraction of sp³-hybridized carbons (Fsp3) is 0.500. The second-order valence-electron chi connectivity index (χ2n) is 4.95. The van der Waals surface area contributed by atoms with Crippen molar-refractivity contribution in [3.63, 3.8) is 0 Å². The summed E-state index contributed by atoms with van der Waals surface area (Å²) < 4.78 is 27.5. The molecule has 116 valence electrons. The normalized spacial score (nSPS) is 12.2. The molecular weight excluding hydrogens is 310 g/mol. The van der Waals surface area contributed by atoms with E-state index in [-0.39, 0.29) is 17.5 Å². The molecule has 0 aliphatic heterocycles. The van der Waals surface area contributed by atoms with Crippen molar-refractivity contribution in [1.29, 1.82) is 0 Å². The molecule has 7 nitrogen and oxygen atoms in total. The lowest BCUT2D eigenvalue weighted by Crippen LogP contribution is -2.27. The molecule has 0 atom stereocenters. The van der Waals surface area contributed by atoms with E-state index in [2.05, 4.69) is 25.2 Å². The number of nitrogens with zero attached hydrogens (tertiary/aromatic N) is 2. The highest BCUT2D eigenvalue weighted by Crippen LogP contribution is 2.18. The molecule has 0 saturated heterocycles. The molecule has 2 aromatic heterocycles. The number of nitrogens with one attached hydrogen (secondary N) is 3. The molecular formula is C12H19N5O2S2. The molecule has 0 aliphatic carbocycles. The monoisotopic (exact) mass is 329 g/mol. The Morgan fingerprint density at radius 2 is 2.14 bits per heavy atom. The van der Waals surface area contributed by atoms with Crippen LogP contribution in [0.5, 0.6) is 0 Å². The van der Waals surface area contributed by atoms with Gasteiger partial charge in [0.2, 0.25) is 10.0 Å². The van der Waals surface area contributed by atoms with Gasteiger partial charge in [-0.15, -0.1) is 11.3 Å². The summed E-state index contributed by atoms with van der Waals surface area (Å²) in [6.07, 6.45) is 1.65. The molecule has 0 aromatic carbocycles. The Hall–Kier alpha value is -1.29. The van der Waals surface area contributed by atoms with Gasteiger partial charge in [-0.05, 0) is 6.92 Å². The smallest absolute Gasteiger partial charge is 0.244 e. The molecule has 0 unspecified atom stereocenters. The van der Waals surface area contributed by atoms with Crippen LogP contribution in [0.15, 0.2) is 16.6 Å². The van der Waals surface area contributed by atoms with Gasteiger partial charge in [0.25, 0.3) is 0 Å². The summed E-state index contributed by atoms with van der Waals surface area (Å²) >= 11 is 1.41. The molecule has 21 heavy (non-hydrogen) atoms. The summed E-state index contributed by atoms with van der Waals surface area (Å²) in [6.45, 7) is 6.33. The van der Waals surface area contributed by atoms with Crippen LogP contribution in [0.3, 0.4) is 0 Å². The Morgan fingerprint density at radius 3 is 2.76 bits per heavy atom. The molecule has 0 fully saturated rings. The maximum atomic E-state index is 12.5. The minimum absolute atomic E-state index is 0.222. The van der Waals surface area contributed by atoms with Gasteiger partial charge in [0, 0.05) is 30.2 Å². The molecule has 0 saturated carbocycles. The van der Waals surface area contributed by atoms with Crippen LogP contribution in [-0.4, -0.2) is 29.6 Å². The van der Waals surface area contributed by atoms with Crippen molar-refractivity contribution in [2.75, 3.05) is 0 Å². The predicted octanol–water partition coefficient (Wildman–Crippen LogP) is 1.15. The van der Waals surface area contributed by atoms with Crippen LogP contribution < -0.4 is 10.0 Å². The summed E-state index contributed by atoms with van der Waals surface area (Å²) in [6, 6.07) is 0.253. The number of hydrogen-bond donors (Lipinski definition) is 3. The molecule has 0 amide bonds. The number of aromatic amines is 1. The number of hydrogen-bond acceptors (Lipinski definition) is 6. The molecule has 2 rings (SSSR count). The standard InChI is InChI=1S/C12H19N5O2S2/c1-8(2)14-6-11-12(9(3)16-17-11)21(18,19)15-5-10-4-13-7-20-10/h4,7-8,14-15H,5-6H2,1-3H3,(H,16,17). The van der Waals surface area contributed by atoms with Gasteiger partial charge in [0.15, 0.2) is 0 Å². The average molecular weight is 329 g/mol. The molecule has 0 bridgehead atoms. The van der Waals surface area contributed by atoms with E-state index in [0.29, 0.717) is 17.9 Å². The van der Waals surface area contributed by atoms with Gasteiger partial charge in [-0.25, -0.2) is 13.1 Å². The van der Waals surface area contributed by atoms with Gasteiger partial charge < -0.3 is 5.32 Å². The number of sulfonamides is 1. The van der Waals surface area contributed by atoms with Crippen molar-refractivity contribution in [2.45, 2.75) is 44.8 Å². The van der Waals surface area contributed by atoms with E-state index < -0.39 is 10.0 Å². The first-order chi connectivity index (χ1) is 9.90. The molecule has 2 aromatic rings. The number of rotatable bonds is 7. The van der Waals surface area contributed by atoms with Crippen LogP contribution in [-0.2, 0) is 23.1 Å². The van der Waals surface area contributed by atoms with Crippen molar-refractivity contribution in [2.24, 2.45) is 0 Å². The van der Waals surface area contributed by atoms with E-state index in [4.69, 9.17) is 0 Å². The minimum Gasteiger partial charge on any atom is -0.309 e. The van der Waals surface area contributed by atoms with Gasteiger partial charge in [0.05, 0.1) is 16.9 Å². The minimum atomic E-state index is -3.61. The molecule has 0 spiro atoms. The third-order valence-electron chi connectivity index (χ3n) is 2.83. The molecule has 9 heteroatoms. The van der Waals surface area contributed by atoms with E-state index in [9.17, 15) is 8.42 Å². The lowest BCUT2D eigenvalue weighted by Gasteiger charge is -2.09. The quantitative estimate of drug-likeness (QED) is 0.707. The highest BCUT2D eigenvalue weighted by Gasteiger charge is 2.24. The van der Waals surface area contributed by atoms with Crippen molar-refractivity contribution < 1.29 is 8.42 Å².